The van der Waals surface area contributed by atoms with Crippen molar-refractivity contribution in [1.82, 2.24) is 19.5 Å². The van der Waals surface area contributed by atoms with Crippen molar-refractivity contribution in [3.8, 4) is 5.75 Å². The number of anilines is 1. The minimum absolute atomic E-state index is 0.0352. The second-order valence-corrected chi connectivity index (χ2v) is 7.39. The van der Waals surface area contributed by atoms with Gasteiger partial charge in [-0.25, -0.2) is 14.8 Å². The summed E-state index contributed by atoms with van der Waals surface area (Å²) in [5.41, 5.74) is 7.85. The third-order valence-electron chi connectivity index (χ3n) is 5.45. The summed E-state index contributed by atoms with van der Waals surface area (Å²) >= 11 is 0. The van der Waals surface area contributed by atoms with Gasteiger partial charge in [0.2, 0.25) is 0 Å². The average molecular weight is 419 g/mol. The van der Waals surface area contributed by atoms with E-state index in [0.29, 0.717) is 23.7 Å². The van der Waals surface area contributed by atoms with Gasteiger partial charge in [-0.15, -0.1) is 0 Å². The molecule has 0 spiro atoms. The number of esters is 1. The number of pyridine rings is 1. The number of hydrogen-bond acceptors (Lipinski definition) is 8. The van der Waals surface area contributed by atoms with Gasteiger partial charge in [-0.3, -0.25) is 4.98 Å². The minimum Gasteiger partial charge on any atom is -0.491 e. The number of ether oxygens (including phenoxy) is 3. The molecule has 3 aromatic heterocycles. The van der Waals surface area contributed by atoms with E-state index >= 15 is 0 Å². The Labute approximate surface area is 177 Å². The Balaban J connectivity index is 1.24. The summed E-state index contributed by atoms with van der Waals surface area (Å²) in [6, 6.07) is 9.24. The van der Waals surface area contributed by atoms with E-state index in [9.17, 15) is 4.79 Å². The third-order valence-corrected chi connectivity index (χ3v) is 5.45. The number of fused-ring (bicyclic) bond motifs is 2. The van der Waals surface area contributed by atoms with Gasteiger partial charge in [0.05, 0.1) is 29.7 Å². The molecule has 158 valence electrons. The van der Waals surface area contributed by atoms with Crippen LogP contribution in [0.15, 0.2) is 49.1 Å². The summed E-state index contributed by atoms with van der Waals surface area (Å²) in [7, 11) is 1.35. The summed E-state index contributed by atoms with van der Waals surface area (Å²) < 4.78 is 18.9. The maximum Gasteiger partial charge on any atom is 0.339 e. The second-order valence-electron chi connectivity index (χ2n) is 7.39. The second kappa shape index (κ2) is 7.84. The third kappa shape index (κ3) is 3.64. The molecule has 2 atom stereocenters. The first-order valence-electron chi connectivity index (χ1n) is 9.96. The van der Waals surface area contributed by atoms with Crippen LogP contribution >= 0.6 is 0 Å². The molecule has 1 aliphatic heterocycles. The Morgan fingerprint density at radius 3 is 3.00 bits per heavy atom. The molecule has 4 heterocycles. The van der Waals surface area contributed by atoms with Gasteiger partial charge in [0.1, 0.15) is 36.4 Å². The topological polar surface area (TPSA) is 114 Å². The molecule has 2 unspecified atom stereocenters. The van der Waals surface area contributed by atoms with Crippen molar-refractivity contribution in [3.63, 3.8) is 0 Å². The van der Waals surface area contributed by atoms with Crippen LogP contribution in [0, 0.1) is 0 Å². The lowest BCUT2D eigenvalue weighted by Crippen LogP contribution is -2.18. The van der Waals surface area contributed by atoms with Gasteiger partial charge in [0.25, 0.3) is 0 Å². The molecule has 4 aromatic rings. The van der Waals surface area contributed by atoms with Crippen LogP contribution in [0.5, 0.6) is 5.75 Å². The van der Waals surface area contributed by atoms with E-state index in [1.165, 1.54) is 19.6 Å². The number of carbonyl (C=O) groups excluding carboxylic acids is 1. The first kappa shape index (κ1) is 19.3. The Kier molecular flexibility index (Phi) is 4.87. The highest BCUT2D eigenvalue weighted by molar-refractivity contribution is 5.93. The zero-order valence-electron chi connectivity index (χ0n) is 16.9. The predicted octanol–water partition coefficient (Wildman–Crippen LogP) is 3.10. The highest BCUT2D eigenvalue weighted by atomic mass is 16.6. The largest absolute Gasteiger partial charge is 0.491 e. The molecule has 5 rings (SSSR count). The number of rotatable bonds is 5. The number of nitrogen functional groups attached to an aromatic ring is 1. The average Bonchev–Trinajstić information content (AvgIpc) is 3.44. The molecular formula is C22H21N5O4. The van der Waals surface area contributed by atoms with E-state index in [-0.39, 0.29) is 12.3 Å². The Bertz CT molecular complexity index is 1270. The van der Waals surface area contributed by atoms with Crippen LogP contribution < -0.4 is 10.5 Å². The fourth-order valence-corrected chi connectivity index (χ4v) is 3.85. The fraction of sp³-hybridized carbons (Fsp3) is 0.273. The molecule has 9 nitrogen and oxygen atoms in total. The Morgan fingerprint density at radius 2 is 2.13 bits per heavy atom. The van der Waals surface area contributed by atoms with Crippen molar-refractivity contribution in [3.05, 3.63) is 54.6 Å². The maximum atomic E-state index is 11.7. The van der Waals surface area contributed by atoms with Gasteiger partial charge in [0, 0.05) is 23.8 Å². The summed E-state index contributed by atoms with van der Waals surface area (Å²) in [6.07, 6.45) is 6.48. The lowest BCUT2D eigenvalue weighted by atomic mass is 10.1. The predicted molar refractivity (Wildman–Crippen MR) is 114 cm³/mol. The summed E-state index contributed by atoms with van der Waals surface area (Å²) in [4.78, 5) is 24.4. The number of carbonyl (C=O) groups is 1. The van der Waals surface area contributed by atoms with Crippen LogP contribution in [0.2, 0.25) is 0 Å². The summed E-state index contributed by atoms with van der Waals surface area (Å²) in [5, 5.41) is 1.66. The van der Waals surface area contributed by atoms with E-state index in [4.69, 9.17) is 19.9 Å². The van der Waals surface area contributed by atoms with Crippen LogP contribution in [-0.4, -0.2) is 45.3 Å². The molecule has 9 heteroatoms. The quantitative estimate of drug-likeness (QED) is 0.491. The van der Waals surface area contributed by atoms with Crippen molar-refractivity contribution in [2.75, 3.05) is 19.5 Å². The van der Waals surface area contributed by atoms with Crippen LogP contribution in [-0.2, 0) is 9.47 Å². The summed E-state index contributed by atoms with van der Waals surface area (Å²) in [5.74, 6) is 0.752. The monoisotopic (exact) mass is 419 g/mol. The minimum atomic E-state index is -0.410. The van der Waals surface area contributed by atoms with Crippen LogP contribution in [0.4, 0.5) is 5.82 Å². The number of hydrogen-bond donors (Lipinski definition) is 1. The number of aromatic nitrogens is 4. The molecule has 1 fully saturated rings. The highest BCUT2D eigenvalue weighted by Gasteiger charge is 2.28. The van der Waals surface area contributed by atoms with E-state index in [0.717, 1.165) is 34.8 Å². The van der Waals surface area contributed by atoms with Crippen LogP contribution in [0.3, 0.4) is 0 Å². The molecule has 0 bridgehead atoms. The number of benzene rings is 1. The number of methoxy groups -OCH3 is 1. The molecule has 1 aliphatic rings. The normalized spacial score (nSPS) is 18.5. The van der Waals surface area contributed by atoms with Crippen molar-refractivity contribution < 1.29 is 19.0 Å². The maximum absolute atomic E-state index is 11.7. The highest BCUT2D eigenvalue weighted by Crippen LogP contribution is 2.32. The molecule has 31 heavy (non-hydrogen) atoms. The summed E-state index contributed by atoms with van der Waals surface area (Å²) in [6.45, 7) is 0.429. The van der Waals surface area contributed by atoms with Gasteiger partial charge in [-0.2, -0.15) is 0 Å². The molecule has 2 N–H and O–H groups in total. The molecule has 0 saturated carbocycles. The lowest BCUT2D eigenvalue weighted by molar-refractivity contribution is -0.0156. The smallest absolute Gasteiger partial charge is 0.339 e. The Morgan fingerprint density at radius 1 is 1.23 bits per heavy atom. The van der Waals surface area contributed by atoms with Crippen LogP contribution in [0.1, 0.15) is 29.4 Å². The van der Waals surface area contributed by atoms with Crippen molar-refractivity contribution in [2.24, 2.45) is 0 Å². The van der Waals surface area contributed by atoms with E-state index in [1.54, 1.807) is 6.07 Å². The molecule has 1 aromatic carbocycles. The molecule has 0 aliphatic carbocycles. The van der Waals surface area contributed by atoms with Crippen LogP contribution in [0.25, 0.3) is 21.9 Å². The van der Waals surface area contributed by atoms with Gasteiger partial charge in [-0.1, -0.05) is 0 Å². The Hall–Kier alpha value is -3.72. The molecule has 0 amide bonds. The van der Waals surface area contributed by atoms with Gasteiger partial charge >= 0.3 is 5.97 Å². The van der Waals surface area contributed by atoms with E-state index in [1.807, 2.05) is 35.0 Å². The van der Waals surface area contributed by atoms with Crippen molar-refractivity contribution >= 4 is 33.7 Å². The number of nitrogens with zero attached hydrogens (tertiary/aromatic N) is 4. The number of nitrogens with two attached hydrogens (primary N) is 1. The first-order valence-corrected chi connectivity index (χ1v) is 9.96. The first-order chi connectivity index (χ1) is 15.1. The van der Waals surface area contributed by atoms with E-state index < -0.39 is 5.97 Å². The van der Waals surface area contributed by atoms with Crippen molar-refractivity contribution in [1.29, 1.82) is 0 Å². The zero-order valence-corrected chi connectivity index (χ0v) is 16.9. The van der Waals surface area contributed by atoms with Gasteiger partial charge in [0.15, 0.2) is 0 Å². The lowest BCUT2D eigenvalue weighted by Gasteiger charge is -2.16. The molecule has 1 saturated heterocycles. The zero-order chi connectivity index (χ0) is 21.4. The molecular weight excluding hydrogens is 398 g/mol. The van der Waals surface area contributed by atoms with Gasteiger partial charge in [-0.05, 0) is 37.1 Å². The van der Waals surface area contributed by atoms with Crippen molar-refractivity contribution in [2.45, 2.75) is 25.2 Å². The fourth-order valence-electron chi connectivity index (χ4n) is 3.85. The standard InChI is InChI=1S/C22H21N5O4/c1-29-22(28)14-8-13-2-3-15(9-18(13)24-10-14)30-11-16-4-5-19(31-16)27-7-6-17-20(23)25-12-26-21(17)27/h2-3,6-10,12,16,19H,4-5,11H2,1H3,(H2,23,25,26). The van der Waals surface area contributed by atoms with Gasteiger partial charge < -0.3 is 24.5 Å². The van der Waals surface area contributed by atoms with E-state index in [2.05, 4.69) is 15.0 Å². The molecule has 0 radical (unpaired) electrons. The SMILES string of the molecule is COC(=O)c1cnc2cc(OCC3CCC(n4ccc5c(N)ncnc54)O3)ccc2c1.